The Labute approximate surface area is 172 Å². The summed E-state index contributed by atoms with van der Waals surface area (Å²) in [5, 5.41) is 14.0. The lowest BCUT2D eigenvalue weighted by Crippen LogP contribution is -2.19. The maximum atomic E-state index is 13.2. The number of hydrogen-bond donors (Lipinski definition) is 2. The Morgan fingerprint density at radius 2 is 1.72 bits per heavy atom. The smallest absolute Gasteiger partial charge is 0.323 e. The standard InChI is InChI=1S/C21H19ClFN5O/c22-17-13-16(6-7-18(17)23)25-21(29)24-15-5-3-4-14(12-15)19-8-9-20(27-26-19)28-10-1-2-11-28/h3-9,12-13H,1-2,10-11H2,(H2,24,25,29). The number of nitrogens with zero attached hydrogens (tertiary/aromatic N) is 3. The zero-order valence-corrected chi connectivity index (χ0v) is 16.3. The van der Waals surface area contributed by atoms with Crippen molar-refractivity contribution < 1.29 is 9.18 Å². The zero-order chi connectivity index (χ0) is 20.2. The molecule has 2 heterocycles. The van der Waals surface area contributed by atoms with Crippen LogP contribution in [0.25, 0.3) is 11.3 Å². The van der Waals surface area contributed by atoms with Crippen molar-refractivity contribution in [3.63, 3.8) is 0 Å². The largest absolute Gasteiger partial charge is 0.355 e. The van der Waals surface area contributed by atoms with E-state index < -0.39 is 11.8 Å². The highest BCUT2D eigenvalue weighted by Crippen LogP contribution is 2.24. The fourth-order valence-corrected chi connectivity index (χ4v) is 3.40. The molecule has 2 N–H and O–H groups in total. The number of amides is 2. The zero-order valence-electron chi connectivity index (χ0n) is 15.5. The van der Waals surface area contributed by atoms with E-state index in [4.69, 9.17) is 11.6 Å². The molecule has 0 atom stereocenters. The molecule has 0 spiro atoms. The van der Waals surface area contributed by atoms with Gasteiger partial charge in [-0.25, -0.2) is 9.18 Å². The van der Waals surface area contributed by atoms with Crippen molar-refractivity contribution >= 4 is 34.8 Å². The van der Waals surface area contributed by atoms with Gasteiger partial charge in [-0.2, -0.15) is 0 Å². The van der Waals surface area contributed by atoms with Gasteiger partial charge in [0.05, 0.1) is 10.7 Å². The highest BCUT2D eigenvalue weighted by molar-refractivity contribution is 6.31. The van der Waals surface area contributed by atoms with Gasteiger partial charge >= 0.3 is 6.03 Å². The number of carbonyl (C=O) groups is 1. The van der Waals surface area contributed by atoms with E-state index in [0.717, 1.165) is 30.2 Å². The maximum absolute atomic E-state index is 13.2. The molecule has 3 aromatic rings. The number of nitrogens with one attached hydrogen (secondary N) is 2. The summed E-state index contributed by atoms with van der Waals surface area (Å²) in [6.45, 7) is 2.03. The third-order valence-corrected chi connectivity index (χ3v) is 4.96. The average molecular weight is 412 g/mol. The van der Waals surface area contributed by atoms with Crippen LogP contribution in [0.4, 0.5) is 26.4 Å². The lowest BCUT2D eigenvalue weighted by atomic mass is 10.1. The van der Waals surface area contributed by atoms with Crippen molar-refractivity contribution in [1.29, 1.82) is 0 Å². The van der Waals surface area contributed by atoms with Crippen molar-refractivity contribution in [2.24, 2.45) is 0 Å². The molecule has 2 amide bonds. The minimum atomic E-state index is -0.540. The normalized spacial score (nSPS) is 13.4. The van der Waals surface area contributed by atoms with Gasteiger partial charge in [-0.1, -0.05) is 23.7 Å². The van der Waals surface area contributed by atoms with Crippen LogP contribution in [-0.4, -0.2) is 29.3 Å². The van der Waals surface area contributed by atoms with Crippen molar-refractivity contribution in [3.05, 3.63) is 65.4 Å². The highest BCUT2D eigenvalue weighted by atomic mass is 35.5. The van der Waals surface area contributed by atoms with Gasteiger partial charge in [-0.05, 0) is 55.3 Å². The molecule has 8 heteroatoms. The predicted molar refractivity (Wildman–Crippen MR) is 113 cm³/mol. The third-order valence-electron chi connectivity index (χ3n) is 4.67. The Kier molecular flexibility index (Phi) is 5.57. The van der Waals surface area contributed by atoms with E-state index in [9.17, 15) is 9.18 Å². The van der Waals surface area contributed by atoms with Crippen LogP contribution in [0.3, 0.4) is 0 Å². The van der Waals surface area contributed by atoms with Crippen LogP contribution in [-0.2, 0) is 0 Å². The average Bonchev–Trinajstić information content (AvgIpc) is 3.26. The molecule has 0 unspecified atom stereocenters. The van der Waals surface area contributed by atoms with Gasteiger partial charge in [-0.3, -0.25) is 0 Å². The number of benzene rings is 2. The van der Waals surface area contributed by atoms with Gasteiger partial charge < -0.3 is 15.5 Å². The van der Waals surface area contributed by atoms with E-state index in [1.54, 1.807) is 6.07 Å². The van der Waals surface area contributed by atoms with Crippen LogP contribution >= 0.6 is 11.6 Å². The SMILES string of the molecule is O=C(Nc1cccc(-c2ccc(N3CCCC3)nn2)c1)Nc1ccc(F)c(Cl)c1. The molecule has 1 aliphatic heterocycles. The van der Waals surface area contributed by atoms with E-state index in [1.165, 1.54) is 31.0 Å². The van der Waals surface area contributed by atoms with Crippen LogP contribution < -0.4 is 15.5 Å². The first-order valence-electron chi connectivity index (χ1n) is 9.31. The van der Waals surface area contributed by atoms with E-state index in [2.05, 4.69) is 25.7 Å². The summed E-state index contributed by atoms with van der Waals surface area (Å²) < 4.78 is 13.2. The van der Waals surface area contributed by atoms with Crippen molar-refractivity contribution in [1.82, 2.24) is 10.2 Å². The summed E-state index contributed by atoms with van der Waals surface area (Å²) in [7, 11) is 0. The summed E-state index contributed by atoms with van der Waals surface area (Å²) in [5.74, 6) is 0.347. The molecular formula is C21H19ClFN5O. The fraction of sp³-hybridized carbons (Fsp3) is 0.190. The minimum absolute atomic E-state index is 0.0549. The second kappa shape index (κ2) is 8.45. The fourth-order valence-electron chi connectivity index (χ4n) is 3.22. The monoisotopic (exact) mass is 411 g/mol. The quantitative estimate of drug-likeness (QED) is 0.620. The van der Waals surface area contributed by atoms with Crippen LogP contribution in [0.2, 0.25) is 5.02 Å². The predicted octanol–water partition coefficient (Wildman–Crippen LogP) is 5.18. The Bertz CT molecular complexity index is 1020. The molecular weight excluding hydrogens is 393 g/mol. The number of anilines is 3. The number of hydrogen-bond acceptors (Lipinski definition) is 4. The van der Waals surface area contributed by atoms with E-state index >= 15 is 0 Å². The molecule has 29 heavy (non-hydrogen) atoms. The summed E-state index contributed by atoms with van der Waals surface area (Å²) in [5.41, 5.74) is 2.56. The molecule has 4 rings (SSSR count). The van der Waals surface area contributed by atoms with E-state index in [-0.39, 0.29) is 5.02 Å². The Balaban J connectivity index is 1.44. The van der Waals surface area contributed by atoms with Gasteiger partial charge in [0.1, 0.15) is 5.82 Å². The van der Waals surface area contributed by atoms with Crippen LogP contribution in [0.15, 0.2) is 54.6 Å². The van der Waals surface area contributed by atoms with Gasteiger partial charge in [0.25, 0.3) is 0 Å². The second-order valence-electron chi connectivity index (χ2n) is 6.76. The first-order chi connectivity index (χ1) is 14.1. The topological polar surface area (TPSA) is 70.2 Å². The first kappa shape index (κ1) is 19.1. The molecule has 1 fully saturated rings. The Morgan fingerprint density at radius 1 is 0.966 bits per heavy atom. The van der Waals surface area contributed by atoms with Crippen molar-refractivity contribution in [3.8, 4) is 11.3 Å². The van der Waals surface area contributed by atoms with Gasteiger partial charge in [0.2, 0.25) is 0 Å². The molecule has 6 nitrogen and oxygen atoms in total. The van der Waals surface area contributed by atoms with Crippen LogP contribution in [0.1, 0.15) is 12.8 Å². The highest BCUT2D eigenvalue weighted by Gasteiger charge is 2.14. The first-order valence-corrected chi connectivity index (χ1v) is 9.68. The van der Waals surface area contributed by atoms with Crippen molar-refractivity contribution in [2.45, 2.75) is 12.8 Å². The number of aromatic nitrogens is 2. The molecule has 2 aromatic carbocycles. The number of rotatable bonds is 4. The lowest BCUT2D eigenvalue weighted by molar-refractivity contribution is 0.262. The number of urea groups is 1. The van der Waals surface area contributed by atoms with Gasteiger partial charge in [0.15, 0.2) is 5.82 Å². The molecule has 0 aliphatic carbocycles. The third kappa shape index (κ3) is 4.63. The molecule has 1 saturated heterocycles. The maximum Gasteiger partial charge on any atom is 0.323 e. The summed E-state index contributed by atoms with van der Waals surface area (Å²) in [6.07, 6.45) is 2.37. The molecule has 1 aromatic heterocycles. The van der Waals surface area contributed by atoms with Crippen LogP contribution in [0, 0.1) is 5.82 Å². The Hall–Kier alpha value is -3.19. The van der Waals surface area contributed by atoms with Crippen molar-refractivity contribution in [2.75, 3.05) is 28.6 Å². The number of carbonyl (C=O) groups excluding carboxylic acids is 1. The molecule has 1 aliphatic rings. The van der Waals surface area contributed by atoms with E-state index in [0.29, 0.717) is 11.4 Å². The lowest BCUT2D eigenvalue weighted by Gasteiger charge is -2.15. The second-order valence-corrected chi connectivity index (χ2v) is 7.17. The van der Waals surface area contributed by atoms with Crippen LogP contribution in [0.5, 0.6) is 0 Å². The minimum Gasteiger partial charge on any atom is -0.355 e. The summed E-state index contributed by atoms with van der Waals surface area (Å²) >= 11 is 5.74. The van der Waals surface area contributed by atoms with Gasteiger partial charge in [-0.15, -0.1) is 10.2 Å². The molecule has 148 valence electrons. The Morgan fingerprint density at radius 3 is 2.41 bits per heavy atom. The molecule has 0 bridgehead atoms. The molecule has 0 saturated carbocycles. The summed E-state index contributed by atoms with van der Waals surface area (Å²) in [4.78, 5) is 14.4. The molecule has 0 radical (unpaired) electrons. The van der Waals surface area contributed by atoms with E-state index in [1.807, 2.05) is 30.3 Å². The number of halogens is 2. The van der Waals surface area contributed by atoms with Gasteiger partial charge in [0, 0.05) is 30.0 Å². The summed E-state index contributed by atoms with van der Waals surface area (Å²) in [6, 6.07) is 14.8.